The van der Waals surface area contributed by atoms with Gasteiger partial charge in [0.05, 0.1) is 17.4 Å². The van der Waals surface area contributed by atoms with Gasteiger partial charge in [0.1, 0.15) is 0 Å². The molecular formula is C34H48N4S. The number of benzene rings is 2. The first-order valence-electron chi connectivity index (χ1n) is 15.5. The second kappa shape index (κ2) is 13.3. The predicted molar refractivity (Wildman–Crippen MR) is 168 cm³/mol. The van der Waals surface area contributed by atoms with Gasteiger partial charge in [0.25, 0.3) is 0 Å². The average Bonchev–Trinajstić information content (AvgIpc) is 3.48. The highest BCUT2D eigenvalue weighted by Gasteiger charge is 2.37. The molecule has 2 aliphatic heterocycles. The van der Waals surface area contributed by atoms with Gasteiger partial charge in [-0.25, -0.2) is 0 Å². The molecule has 4 nitrogen and oxygen atoms in total. The molecule has 3 aliphatic rings. The van der Waals surface area contributed by atoms with Crippen molar-refractivity contribution in [2.75, 3.05) is 26.2 Å². The van der Waals surface area contributed by atoms with E-state index in [9.17, 15) is 0 Å². The third kappa shape index (κ3) is 7.63. The lowest BCUT2D eigenvalue weighted by Gasteiger charge is -2.33. The number of nitrogens with zero attached hydrogens (tertiary/aromatic N) is 3. The zero-order valence-electron chi connectivity index (χ0n) is 24.2. The molecule has 2 atom stereocenters. The summed E-state index contributed by atoms with van der Waals surface area (Å²) >= 11 is 6.12. The van der Waals surface area contributed by atoms with Crippen molar-refractivity contribution in [3.8, 4) is 0 Å². The van der Waals surface area contributed by atoms with Crippen LogP contribution in [0.5, 0.6) is 0 Å². The molecule has 39 heavy (non-hydrogen) atoms. The summed E-state index contributed by atoms with van der Waals surface area (Å²) in [7, 11) is 0. The second-order valence-electron chi connectivity index (χ2n) is 12.6. The molecule has 1 N–H and O–H groups in total. The molecule has 0 aromatic heterocycles. The lowest BCUT2D eigenvalue weighted by molar-refractivity contribution is 0.223. The highest BCUT2D eigenvalue weighted by atomic mass is 32.1. The Morgan fingerprint density at radius 3 is 2.38 bits per heavy atom. The summed E-state index contributed by atoms with van der Waals surface area (Å²) in [4.78, 5) is 10.2. The van der Waals surface area contributed by atoms with E-state index in [0.717, 1.165) is 68.8 Å². The van der Waals surface area contributed by atoms with Crippen LogP contribution in [-0.2, 0) is 6.42 Å². The molecule has 0 amide bonds. The quantitative estimate of drug-likeness (QED) is 0.223. The minimum Gasteiger partial charge on any atom is -0.371 e. The van der Waals surface area contributed by atoms with E-state index in [-0.39, 0.29) is 5.54 Å². The fourth-order valence-electron chi connectivity index (χ4n) is 6.74. The van der Waals surface area contributed by atoms with Gasteiger partial charge in [-0.15, -0.1) is 0 Å². The first kappa shape index (κ1) is 28.1. The van der Waals surface area contributed by atoms with Crippen molar-refractivity contribution < 1.29 is 0 Å². The molecule has 0 unspecified atom stereocenters. The minimum atomic E-state index is 0.0321. The molecule has 1 saturated heterocycles. The molecular weight excluding hydrogens is 496 g/mol. The van der Waals surface area contributed by atoms with Crippen molar-refractivity contribution in [3.05, 3.63) is 71.8 Å². The highest BCUT2D eigenvalue weighted by molar-refractivity contribution is 7.80. The third-order valence-electron chi connectivity index (χ3n) is 9.25. The normalized spacial score (nSPS) is 27.1. The Labute approximate surface area is 242 Å². The molecule has 210 valence electrons. The molecule has 1 aliphatic carbocycles. The predicted octanol–water partition coefficient (Wildman–Crippen LogP) is 7.41. The van der Waals surface area contributed by atoms with Crippen LogP contribution in [0.2, 0.25) is 0 Å². The van der Waals surface area contributed by atoms with E-state index >= 15 is 0 Å². The summed E-state index contributed by atoms with van der Waals surface area (Å²) in [5.41, 5.74) is 2.86. The number of hydrogen-bond acceptors (Lipinski definition) is 3. The Morgan fingerprint density at radius 2 is 1.64 bits per heavy atom. The summed E-state index contributed by atoms with van der Waals surface area (Å²) in [6.07, 6.45) is 12.3. The van der Waals surface area contributed by atoms with E-state index in [1.807, 2.05) is 0 Å². The molecule has 0 spiro atoms. The van der Waals surface area contributed by atoms with E-state index in [0.29, 0.717) is 6.04 Å². The van der Waals surface area contributed by atoms with Crippen molar-refractivity contribution in [1.82, 2.24) is 15.1 Å². The zero-order chi connectivity index (χ0) is 27.1. The van der Waals surface area contributed by atoms with Crippen LogP contribution in [0.4, 0.5) is 0 Å². The number of rotatable bonds is 12. The van der Waals surface area contributed by atoms with Crippen LogP contribution in [0, 0.1) is 11.8 Å². The van der Waals surface area contributed by atoms with Crippen LogP contribution in [0.1, 0.15) is 88.8 Å². The maximum Gasteiger partial charge on any atom is 0.172 e. The fraction of sp³-hybridized carbons (Fsp3) is 0.588. The molecule has 0 radical (unpaired) electrons. The van der Waals surface area contributed by atoms with Crippen LogP contribution < -0.4 is 5.32 Å². The summed E-state index contributed by atoms with van der Waals surface area (Å²) in [5.74, 6) is 2.87. The van der Waals surface area contributed by atoms with Gasteiger partial charge < -0.3 is 15.1 Å². The molecule has 2 fully saturated rings. The molecule has 2 aromatic carbocycles. The van der Waals surface area contributed by atoms with Crippen molar-refractivity contribution in [2.24, 2.45) is 16.8 Å². The van der Waals surface area contributed by atoms with E-state index in [1.165, 1.54) is 55.5 Å². The first-order valence-corrected chi connectivity index (χ1v) is 15.9. The van der Waals surface area contributed by atoms with Crippen LogP contribution in [-0.4, -0.2) is 52.5 Å². The van der Waals surface area contributed by atoms with Gasteiger partial charge in [0.2, 0.25) is 0 Å². The topological polar surface area (TPSA) is 30.9 Å². The van der Waals surface area contributed by atoms with Crippen LogP contribution in [0.3, 0.4) is 0 Å². The number of thiocarbonyl (C=S) groups is 1. The minimum absolute atomic E-state index is 0.0321. The standard InChI is InChI=1S/C34H48N4S/c1-27-18-20-29(21-19-27)24-38-31(30-15-7-4-8-16-30)25-37(33(38)39)23-10-9-22-34(2)26-35-32(36-34)17-11-14-28-12-5-3-6-13-28/h3-8,12-13,15-16,27,29,31H,9-11,14,17-26H2,1-2H3,(H,35,36)/t27?,29?,31-,34-/m0/s1. The van der Waals surface area contributed by atoms with Gasteiger partial charge in [-0.2, -0.15) is 0 Å². The van der Waals surface area contributed by atoms with Gasteiger partial charge in [0.15, 0.2) is 5.11 Å². The third-order valence-corrected chi connectivity index (χ3v) is 9.75. The second-order valence-corrected chi connectivity index (χ2v) is 13.0. The SMILES string of the molecule is CC1CCC(CN2C(=S)N(CCCC[C@@]3(C)CNC(CCCc4ccccc4)=N3)C[C@H]2c2ccccc2)CC1. The van der Waals surface area contributed by atoms with E-state index < -0.39 is 0 Å². The van der Waals surface area contributed by atoms with Crippen LogP contribution in [0.25, 0.3) is 0 Å². The number of unbranched alkanes of at least 4 members (excludes halogenated alkanes) is 1. The van der Waals surface area contributed by atoms with E-state index in [2.05, 4.69) is 89.6 Å². The maximum absolute atomic E-state index is 6.12. The Morgan fingerprint density at radius 1 is 0.923 bits per heavy atom. The molecule has 5 heteroatoms. The molecule has 5 rings (SSSR count). The van der Waals surface area contributed by atoms with Crippen molar-refractivity contribution in [1.29, 1.82) is 0 Å². The monoisotopic (exact) mass is 544 g/mol. The summed E-state index contributed by atoms with van der Waals surface area (Å²) < 4.78 is 0. The fourth-order valence-corrected chi connectivity index (χ4v) is 7.11. The number of amidine groups is 1. The number of nitrogens with one attached hydrogen (secondary N) is 1. The lowest BCUT2D eigenvalue weighted by Crippen LogP contribution is -2.37. The van der Waals surface area contributed by atoms with Gasteiger partial charge in [-0.05, 0) is 87.1 Å². The zero-order valence-corrected chi connectivity index (χ0v) is 25.0. The van der Waals surface area contributed by atoms with Gasteiger partial charge >= 0.3 is 0 Å². The lowest BCUT2D eigenvalue weighted by atomic mass is 9.82. The summed E-state index contributed by atoms with van der Waals surface area (Å²) in [5, 5.41) is 4.68. The smallest absolute Gasteiger partial charge is 0.172 e. The van der Waals surface area contributed by atoms with Crippen molar-refractivity contribution in [2.45, 2.75) is 89.6 Å². The van der Waals surface area contributed by atoms with Crippen LogP contribution >= 0.6 is 12.2 Å². The largest absolute Gasteiger partial charge is 0.371 e. The Hall–Kier alpha value is -2.40. The summed E-state index contributed by atoms with van der Waals surface area (Å²) in [6, 6.07) is 22.2. The van der Waals surface area contributed by atoms with Crippen molar-refractivity contribution in [3.63, 3.8) is 0 Å². The molecule has 2 aromatic rings. The maximum atomic E-state index is 6.12. The van der Waals surface area contributed by atoms with Gasteiger partial charge in [0, 0.05) is 32.6 Å². The first-order chi connectivity index (χ1) is 19.0. The average molecular weight is 545 g/mol. The van der Waals surface area contributed by atoms with Crippen molar-refractivity contribution >= 4 is 23.2 Å². The van der Waals surface area contributed by atoms with Crippen LogP contribution in [0.15, 0.2) is 65.7 Å². The number of hydrogen-bond donors (Lipinski definition) is 1. The Kier molecular flexibility index (Phi) is 9.60. The molecule has 0 bridgehead atoms. The Bertz CT molecular complexity index is 1080. The molecule has 2 heterocycles. The molecule has 1 saturated carbocycles. The summed E-state index contributed by atoms with van der Waals surface area (Å²) in [6.45, 7) is 8.90. The highest BCUT2D eigenvalue weighted by Crippen LogP contribution is 2.35. The number of aliphatic imine (C=N–C) groups is 1. The Balaban J connectivity index is 1.09. The van der Waals surface area contributed by atoms with Gasteiger partial charge in [-0.3, -0.25) is 4.99 Å². The van der Waals surface area contributed by atoms with Gasteiger partial charge in [-0.1, -0.05) is 80.4 Å². The number of aryl methyl sites for hydroxylation is 1. The van der Waals surface area contributed by atoms with E-state index in [1.54, 1.807) is 0 Å². The van der Waals surface area contributed by atoms with E-state index in [4.69, 9.17) is 17.2 Å².